The molecule has 210 valence electrons. The number of methoxy groups -OCH3 is 2. The lowest BCUT2D eigenvalue weighted by atomic mass is 10.2. The number of rotatable bonds is 13. The highest BCUT2D eigenvalue weighted by Crippen LogP contribution is 2.39. The number of hydrogen-bond donors (Lipinski definition) is 5. The van der Waals surface area contributed by atoms with Crippen molar-refractivity contribution in [3.8, 4) is 11.5 Å². The first kappa shape index (κ1) is 30.7. The van der Waals surface area contributed by atoms with E-state index in [-0.39, 0.29) is 39.1 Å². The van der Waals surface area contributed by atoms with Crippen molar-refractivity contribution in [1.29, 1.82) is 0 Å². The summed E-state index contributed by atoms with van der Waals surface area (Å²) in [5.41, 5.74) is 5.37. The van der Waals surface area contributed by atoms with Crippen LogP contribution in [0.1, 0.15) is 0 Å². The van der Waals surface area contributed by atoms with Crippen molar-refractivity contribution in [3.63, 3.8) is 0 Å². The molecular formula is C18H23N5O12S3. The van der Waals surface area contributed by atoms with Crippen LogP contribution in [0.25, 0.3) is 0 Å². The topological polar surface area (TPSA) is 262 Å². The maximum Gasteiger partial charge on any atom is 0.397 e. The number of carbonyl (C=O) groups is 1. The van der Waals surface area contributed by atoms with E-state index in [9.17, 15) is 30.0 Å². The molecule has 0 aliphatic carbocycles. The van der Waals surface area contributed by atoms with Crippen molar-refractivity contribution in [3.05, 3.63) is 30.3 Å². The Morgan fingerprint density at radius 2 is 1.58 bits per heavy atom. The molecular weight excluding hydrogens is 574 g/mol. The summed E-state index contributed by atoms with van der Waals surface area (Å²) in [7, 11) is -11.0. The zero-order valence-corrected chi connectivity index (χ0v) is 22.1. The number of nitrogens with one attached hydrogen (secondary N) is 2. The van der Waals surface area contributed by atoms with Gasteiger partial charge in [0.25, 0.3) is 10.1 Å². The number of carbonyl (C=O) groups excluding carboxylic acids is 1. The summed E-state index contributed by atoms with van der Waals surface area (Å²) in [6.07, 6.45) is 0. The normalized spacial score (nSPS) is 12.3. The van der Waals surface area contributed by atoms with Crippen LogP contribution >= 0.6 is 0 Å². The number of azo groups is 1. The minimum absolute atomic E-state index is 0.00514. The smallest absolute Gasteiger partial charge is 0.397 e. The highest BCUT2D eigenvalue weighted by Gasteiger charge is 2.24. The van der Waals surface area contributed by atoms with Gasteiger partial charge in [-0.1, -0.05) is 0 Å². The Balaban J connectivity index is 2.44. The highest BCUT2D eigenvalue weighted by molar-refractivity contribution is 7.91. The van der Waals surface area contributed by atoms with Gasteiger partial charge in [-0.25, -0.2) is 17.4 Å². The Kier molecular flexibility index (Phi) is 9.94. The van der Waals surface area contributed by atoms with Gasteiger partial charge in [0.15, 0.2) is 9.84 Å². The van der Waals surface area contributed by atoms with Crippen molar-refractivity contribution in [2.75, 3.05) is 43.1 Å². The molecule has 0 aromatic heterocycles. The molecule has 2 rings (SSSR count). The number of benzene rings is 2. The number of nitrogens with two attached hydrogens (primary N) is 1. The van der Waals surface area contributed by atoms with E-state index >= 15 is 0 Å². The van der Waals surface area contributed by atoms with Gasteiger partial charge in [-0.05, 0) is 18.2 Å². The molecule has 0 saturated carbocycles. The molecule has 6 N–H and O–H groups in total. The third-order valence-corrected chi connectivity index (χ3v) is 7.03. The summed E-state index contributed by atoms with van der Waals surface area (Å²) in [6, 6.07) is 5.22. The molecule has 17 nitrogen and oxygen atoms in total. The number of ether oxygens (including phenoxy) is 2. The predicted molar refractivity (Wildman–Crippen MR) is 133 cm³/mol. The van der Waals surface area contributed by atoms with E-state index in [0.717, 1.165) is 6.07 Å². The number of urea groups is 1. The van der Waals surface area contributed by atoms with Gasteiger partial charge >= 0.3 is 16.4 Å². The van der Waals surface area contributed by atoms with Crippen molar-refractivity contribution in [1.82, 2.24) is 0 Å². The van der Waals surface area contributed by atoms with E-state index in [2.05, 4.69) is 25.0 Å². The van der Waals surface area contributed by atoms with Crippen molar-refractivity contribution >= 4 is 59.1 Å². The zero-order chi connectivity index (χ0) is 28.7. The van der Waals surface area contributed by atoms with Crippen LogP contribution < -0.4 is 25.8 Å². The first-order chi connectivity index (χ1) is 17.5. The molecule has 0 unspecified atom stereocenters. The summed E-state index contributed by atoms with van der Waals surface area (Å²) in [6.45, 7) is -0.862. The molecule has 0 radical (unpaired) electrons. The minimum atomic E-state index is -4.85. The lowest BCUT2D eigenvalue weighted by Gasteiger charge is -2.13. The van der Waals surface area contributed by atoms with Gasteiger partial charge in [0, 0.05) is 17.8 Å². The van der Waals surface area contributed by atoms with Crippen LogP contribution in [-0.2, 0) is 34.5 Å². The Labute approximate surface area is 217 Å². The SMILES string of the molecule is COc1cc(S(=O)(=O)CCOS(=O)(=O)O)c(OC)cc1/N=N/c1ccc(NCS(=O)(=O)O)cc1NC(N)=O. The number of hydrogen-bond acceptors (Lipinski definition) is 13. The van der Waals surface area contributed by atoms with Gasteiger partial charge in [-0.2, -0.15) is 16.8 Å². The molecule has 38 heavy (non-hydrogen) atoms. The standard InChI is InChI=1S/C18H23N5O12S3/c1-33-15-9-17(36(25,26)6-5-35-38(30,31)32)16(34-2)8-14(15)23-22-12-4-3-11(20-10-37(27,28)29)7-13(12)21-18(19)24/h3-4,7-9,20H,5-6,10H2,1-2H3,(H3,19,21,24)(H,27,28,29)(H,30,31,32)/b23-22+. The van der Waals surface area contributed by atoms with Crippen molar-refractivity contribution < 1.29 is 52.8 Å². The van der Waals surface area contributed by atoms with Gasteiger partial charge in [0.05, 0.1) is 32.3 Å². The first-order valence-electron chi connectivity index (χ1n) is 9.96. The van der Waals surface area contributed by atoms with E-state index in [0.29, 0.717) is 0 Å². The van der Waals surface area contributed by atoms with E-state index in [4.69, 9.17) is 24.3 Å². The summed E-state index contributed by atoms with van der Waals surface area (Å²) in [4.78, 5) is 11.0. The molecule has 2 aromatic rings. The number of amides is 2. The fourth-order valence-electron chi connectivity index (χ4n) is 2.78. The largest absolute Gasteiger partial charge is 0.495 e. The van der Waals surface area contributed by atoms with Crippen LogP contribution in [0.15, 0.2) is 45.5 Å². The Morgan fingerprint density at radius 3 is 2.13 bits per heavy atom. The zero-order valence-electron chi connectivity index (χ0n) is 19.7. The average Bonchev–Trinajstić information content (AvgIpc) is 2.79. The Morgan fingerprint density at radius 1 is 0.947 bits per heavy atom. The Hall–Kier alpha value is -3.56. The number of nitrogens with zero attached hydrogens (tertiary/aromatic N) is 2. The molecule has 0 spiro atoms. The van der Waals surface area contributed by atoms with E-state index in [1.807, 2.05) is 0 Å². The molecule has 0 atom stereocenters. The number of primary amides is 1. The fourth-order valence-corrected chi connectivity index (χ4v) is 4.79. The van der Waals surface area contributed by atoms with Crippen LogP contribution in [0.5, 0.6) is 11.5 Å². The van der Waals surface area contributed by atoms with Gasteiger partial charge < -0.3 is 25.8 Å². The van der Waals surface area contributed by atoms with E-state index in [1.54, 1.807) is 0 Å². The second-order valence-electron chi connectivity index (χ2n) is 7.07. The lowest BCUT2D eigenvalue weighted by molar-refractivity contribution is 0.259. The second kappa shape index (κ2) is 12.3. The summed E-state index contributed by atoms with van der Waals surface area (Å²) in [5.74, 6) is -1.92. The average molecular weight is 598 g/mol. The van der Waals surface area contributed by atoms with Crippen LogP contribution in [0.2, 0.25) is 0 Å². The fraction of sp³-hybridized carbons (Fsp3) is 0.278. The molecule has 2 amide bonds. The highest BCUT2D eigenvalue weighted by atomic mass is 32.3. The second-order valence-corrected chi connectivity index (χ2v) is 11.7. The molecule has 0 fully saturated rings. The quantitative estimate of drug-likeness (QED) is 0.162. The number of sulfone groups is 1. The van der Waals surface area contributed by atoms with Gasteiger partial charge in [-0.3, -0.25) is 9.11 Å². The van der Waals surface area contributed by atoms with Gasteiger partial charge in [-0.15, -0.1) is 10.2 Å². The maximum atomic E-state index is 12.7. The third-order valence-electron chi connectivity index (χ3n) is 4.36. The van der Waals surface area contributed by atoms with Crippen LogP contribution in [0, 0.1) is 0 Å². The summed E-state index contributed by atoms with van der Waals surface area (Å²) >= 11 is 0. The van der Waals surface area contributed by atoms with Crippen LogP contribution in [-0.4, -0.2) is 72.8 Å². The Bertz CT molecular complexity index is 1540. The number of anilines is 2. The van der Waals surface area contributed by atoms with Crippen molar-refractivity contribution in [2.24, 2.45) is 16.0 Å². The van der Waals surface area contributed by atoms with Crippen LogP contribution in [0.4, 0.5) is 27.5 Å². The molecule has 2 aromatic carbocycles. The lowest BCUT2D eigenvalue weighted by Crippen LogP contribution is -2.19. The molecule has 0 heterocycles. The van der Waals surface area contributed by atoms with Gasteiger partial charge in [0.1, 0.15) is 33.6 Å². The molecule has 0 bridgehead atoms. The van der Waals surface area contributed by atoms with E-state index < -0.39 is 54.6 Å². The third kappa shape index (κ3) is 9.39. The van der Waals surface area contributed by atoms with Crippen molar-refractivity contribution in [2.45, 2.75) is 4.90 Å². The summed E-state index contributed by atoms with van der Waals surface area (Å²) in [5, 5.41) is 12.7. The molecule has 0 aliphatic heterocycles. The molecule has 0 aliphatic rings. The monoisotopic (exact) mass is 597 g/mol. The molecule has 0 saturated heterocycles. The van der Waals surface area contributed by atoms with E-state index in [1.165, 1.54) is 38.5 Å². The first-order valence-corrected chi connectivity index (χ1v) is 14.6. The maximum absolute atomic E-state index is 12.7. The summed E-state index contributed by atoms with van der Waals surface area (Å²) < 4.78 is 101. The minimum Gasteiger partial charge on any atom is -0.495 e. The van der Waals surface area contributed by atoms with Gasteiger partial charge in [0.2, 0.25) is 0 Å². The van der Waals surface area contributed by atoms with Crippen LogP contribution in [0.3, 0.4) is 0 Å². The molecule has 20 heteroatoms. The predicted octanol–water partition coefficient (Wildman–Crippen LogP) is 1.46.